The molecule has 0 radical (unpaired) electrons. The van der Waals surface area contributed by atoms with Gasteiger partial charge in [0.25, 0.3) is 0 Å². The van der Waals surface area contributed by atoms with Crippen molar-refractivity contribution >= 4 is 18.0 Å². The molecule has 3 N–H and O–H groups in total. The molecule has 1 amide bonds. The summed E-state index contributed by atoms with van der Waals surface area (Å²) in [6, 6.07) is -1.39. The van der Waals surface area contributed by atoms with Gasteiger partial charge in [0.05, 0.1) is 6.42 Å². The number of carboxylic acids is 1. The molecule has 0 rings (SSSR count). The first-order chi connectivity index (χ1) is 7.11. The maximum atomic E-state index is 11.4. The summed E-state index contributed by atoms with van der Waals surface area (Å²) in [6.45, 7) is 4.80. The van der Waals surface area contributed by atoms with Crippen molar-refractivity contribution in [2.75, 3.05) is 0 Å². The third kappa shape index (κ3) is 6.63. The van der Waals surface area contributed by atoms with Crippen LogP contribution in [0.4, 0.5) is 4.79 Å². The molecule has 0 aromatic carbocycles. The first-order valence-corrected chi connectivity index (χ1v) is 4.56. The van der Waals surface area contributed by atoms with Crippen LogP contribution in [0.2, 0.25) is 0 Å². The Bertz CT molecular complexity index is 277. The number of carboxylic acid groups (broad SMARTS) is 2. The van der Waals surface area contributed by atoms with E-state index in [1.165, 1.54) is 0 Å². The van der Waals surface area contributed by atoms with Gasteiger partial charge in [0.2, 0.25) is 0 Å². The molecule has 0 aliphatic rings. The van der Waals surface area contributed by atoms with Crippen LogP contribution < -0.4 is 5.32 Å². The summed E-state index contributed by atoms with van der Waals surface area (Å²) < 4.78 is 4.87. The van der Waals surface area contributed by atoms with Crippen LogP contribution in [0.25, 0.3) is 0 Å². The summed E-state index contributed by atoms with van der Waals surface area (Å²) in [7, 11) is 0. The fourth-order valence-corrected chi connectivity index (χ4v) is 0.890. The van der Waals surface area contributed by atoms with E-state index < -0.39 is 36.1 Å². The lowest BCUT2D eigenvalue weighted by molar-refractivity contribution is -0.159. The summed E-state index contributed by atoms with van der Waals surface area (Å²) in [6.07, 6.45) is -2.13. The summed E-state index contributed by atoms with van der Waals surface area (Å²) in [5.41, 5.74) is -0.798. The second-order valence-corrected chi connectivity index (χ2v) is 4.13. The van der Waals surface area contributed by atoms with Crippen LogP contribution >= 0.6 is 0 Å². The van der Waals surface area contributed by atoms with Crippen LogP contribution in [0.3, 0.4) is 0 Å². The Balaban J connectivity index is 4.56. The molecular weight excluding hydrogens is 218 g/mol. The van der Waals surface area contributed by atoms with Crippen LogP contribution in [-0.2, 0) is 14.3 Å². The van der Waals surface area contributed by atoms with Gasteiger partial charge in [0, 0.05) is 0 Å². The van der Waals surface area contributed by atoms with Crippen molar-refractivity contribution in [2.45, 2.75) is 38.8 Å². The molecule has 0 aliphatic carbocycles. The first-order valence-electron chi connectivity index (χ1n) is 4.56. The van der Waals surface area contributed by atoms with E-state index in [1.807, 2.05) is 0 Å². The predicted molar refractivity (Wildman–Crippen MR) is 53.0 cm³/mol. The normalized spacial score (nSPS) is 12.7. The number of nitrogens with one attached hydrogen (secondary N) is 1. The maximum Gasteiger partial charge on any atom is 0.405 e. The van der Waals surface area contributed by atoms with Gasteiger partial charge in [-0.25, -0.2) is 9.59 Å². The molecule has 0 saturated heterocycles. The van der Waals surface area contributed by atoms with Gasteiger partial charge < -0.3 is 20.3 Å². The fraction of sp³-hybridized carbons (Fsp3) is 0.667. The zero-order chi connectivity index (χ0) is 12.9. The smallest absolute Gasteiger partial charge is 0.405 e. The van der Waals surface area contributed by atoms with E-state index in [4.69, 9.17) is 14.9 Å². The van der Waals surface area contributed by atoms with Crippen molar-refractivity contribution in [3.05, 3.63) is 0 Å². The van der Waals surface area contributed by atoms with Gasteiger partial charge in [-0.2, -0.15) is 0 Å². The molecule has 16 heavy (non-hydrogen) atoms. The van der Waals surface area contributed by atoms with E-state index in [0.29, 0.717) is 0 Å². The SMILES string of the molecule is CC(C)(C)OC(=O)[C@H](CC(=O)O)NC(=O)O. The van der Waals surface area contributed by atoms with Crippen molar-refractivity contribution in [1.29, 1.82) is 0 Å². The highest BCUT2D eigenvalue weighted by atomic mass is 16.6. The molecular formula is C9H15NO6. The van der Waals surface area contributed by atoms with Crippen LogP contribution in [0.1, 0.15) is 27.2 Å². The first kappa shape index (κ1) is 14.2. The summed E-state index contributed by atoms with van der Waals surface area (Å²) in [5, 5.41) is 18.7. The highest BCUT2D eigenvalue weighted by Gasteiger charge is 2.28. The number of hydrogen-bond acceptors (Lipinski definition) is 4. The molecule has 0 bridgehead atoms. The van der Waals surface area contributed by atoms with Gasteiger partial charge in [-0.1, -0.05) is 0 Å². The van der Waals surface area contributed by atoms with Crippen molar-refractivity contribution < 1.29 is 29.3 Å². The Kier molecular flexibility index (Phi) is 4.74. The number of aliphatic carboxylic acids is 1. The number of carbonyl (C=O) groups excluding carboxylic acids is 1. The van der Waals surface area contributed by atoms with E-state index in [2.05, 4.69) is 0 Å². The molecule has 0 aliphatic heterocycles. The average molecular weight is 233 g/mol. The van der Waals surface area contributed by atoms with Crippen molar-refractivity contribution in [2.24, 2.45) is 0 Å². The molecule has 7 heteroatoms. The lowest BCUT2D eigenvalue weighted by Crippen LogP contribution is -2.44. The summed E-state index contributed by atoms with van der Waals surface area (Å²) in [5.74, 6) is -2.19. The number of carbonyl (C=O) groups is 3. The minimum Gasteiger partial charge on any atom is -0.481 e. The molecule has 7 nitrogen and oxygen atoms in total. The largest absolute Gasteiger partial charge is 0.481 e. The lowest BCUT2D eigenvalue weighted by atomic mass is 10.1. The Morgan fingerprint density at radius 1 is 1.25 bits per heavy atom. The number of ether oxygens (including phenoxy) is 1. The van der Waals surface area contributed by atoms with Gasteiger partial charge in [0.15, 0.2) is 0 Å². The third-order valence-electron chi connectivity index (χ3n) is 1.37. The second kappa shape index (κ2) is 5.34. The monoisotopic (exact) mass is 233 g/mol. The summed E-state index contributed by atoms with van der Waals surface area (Å²) >= 11 is 0. The number of rotatable bonds is 4. The number of hydrogen-bond donors (Lipinski definition) is 3. The number of amides is 1. The second-order valence-electron chi connectivity index (χ2n) is 4.13. The van der Waals surface area contributed by atoms with E-state index in [0.717, 1.165) is 0 Å². The average Bonchev–Trinajstić information content (AvgIpc) is 1.97. The number of esters is 1. The molecule has 92 valence electrons. The Labute approximate surface area is 92.4 Å². The highest BCUT2D eigenvalue weighted by Crippen LogP contribution is 2.09. The van der Waals surface area contributed by atoms with Crippen molar-refractivity contribution in [3.63, 3.8) is 0 Å². The van der Waals surface area contributed by atoms with Gasteiger partial charge in [-0.15, -0.1) is 0 Å². The van der Waals surface area contributed by atoms with Crippen LogP contribution in [0.5, 0.6) is 0 Å². The standard InChI is InChI=1S/C9H15NO6/c1-9(2,3)16-7(13)5(4-6(11)12)10-8(14)15/h5,10H,4H2,1-3H3,(H,11,12)(H,14,15)/t5-/m0/s1. The molecule has 0 fully saturated rings. The zero-order valence-electron chi connectivity index (χ0n) is 9.31. The molecule has 0 saturated carbocycles. The molecule has 0 heterocycles. The lowest BCUT2D eigenvalue weighted by Gasteiger charge is -2.23. The van der Waals surface area contributed by atoms with Crippen LogP contribution in [0.15, 0.2) is 0 Å². The Morgan fingerprint density at radius 2 is 1.75 bits per heavy atom. The van der Waals surface area contributed by atoms with Crippen LogP contribution in [0, 0.1) is 0 Å². The Morgan fingerprint density at radius 3 is 2.06 bits per heavy atom. The van der Waals surface area contributed by atoms with E-state index in [1.54, 1.807) is 26.1 Å². The van der Waals surface area contributed by atoms with E-state index in [-0.39, 0.29) is 0 Å². The van der Waals surface area contributed by atoms with Gasteiger partial charge in [-0.3, -0.25) is 4.79 Å². The van der Waals surface area contributed by atoms with Crippen molar-refractivity contribution in [1.82, 2.24) is 5.32 Å². The molecule has 1 atom stereocenters. The van der Waals surface area contributed by atoms with Gasteiger partial charge in [0.1, 0.15) is 11.6 Å². The maximum absolute atomic E-state index is 11.4. The predicted octanol–water partition coefficient (Wildman–Crippen LogP) is 0.439. The summed E-state index contributed by atoms with van der Waals surface area (Å²) in [4.78, 5) is 32.2. The van der Waals surface area contributed by atoms with Crippen molar-refractivity contribution in [3.8, 4) is 0 Å². The highest BCUT2D eigenvalue weighted by molar-refractivity contribution is 5.85. The molecule has 0 aromatic rings. The molecule has 0 aromatic heterocycles. The quantitative estimate of drug-likeness (QED) is 0.607. The van der Waals surface area contributed by atoms with Gasteiger partial charge in [-0.05, 0) is 20.8 Å². The third-order valence-corrected chi connectivity index (χ3v) is 1.37. The minimum atomic E-state index is -1.47. The topological polar surface area (TPSA) is 113 Å². The zero-order valence-corrected chi connectivity index (χ0v) is 9.31. The Hall–Kier alpha value is -1.79. The molecule has 0 unspecified atom stereocenters. The van der Waals surface area contributed by atoms with Crippen LogP contribution in [-0.4, -0.2) is 39.9 Å². The fourth-order valence-electron chi connectivity index (χ4n) is 0.890. The minimum absolute atomic E-state index is 0.652. The molecule has 0 spiro atoms. The van der Waals surface area contributed by atoms with E-state index in [9.17, 15) is 14.4 Å². The van der Waals surface area contributed by atoms with E-state index >= 15 is 0 Å². The van der Waals surface area contributed by atoms with Gasteiger partial charge >= 0.3 is 18.0 Å².